The average molecular weight is 254 g/mol. The van der Waals surface area contributed by atoms with Crippen LogP contribution in [0.2, 0.25) is 0 Å². The molecule has 2 rings (SSSR count). The summed E-state index contributed by atoms with van der Waals surface area (Å²) in [5, 5.41) is 0. The summed E-state index contributed by atoms with van der Waals surface area (Å²) in [7, 11) is 0. The van der Waals surface area contributed by atoms with E-state index >= 15 is 0 Å². The Morgan fingerprint density at radius 2 is 2.18 bits per heavy atom. The lowest BCUT2D eigenvalue weighted by molar-refractivity contribution is 0.0756. The highest BCUT2D eigenvalue weighted by Gasteiger charge is 2.10. The van der Waals surface area contributed by atoms with Crippen molar-refractivity contribution in [1.29, 1.82) is 0 Å². The van der Waals surface area contributed by atoms with E-state index in [1.165, 1.54) is 0 Å². The zero-order chi connectivity index (χ0) is 12.4. The van der Waals surface area contributed by atoms with Crippen molar-refractivity contribution in [2.75, 3.05) is 6.61 Å². The van der Waals surface area contributed by atoms with Crippen LogP contribution in [0, 0.1) is 4.77 Å². The van der Waals surface area contributed by atoms with Crippen LogP contribution in [0.5, 0.6) is 0 Å². The topological polar surface area (TPSA) is 86.6 Å². The van der Waals surface area contributed by atoms with Gasteiger partial charge in [0.1, 0.15) is 11.3 Å². The molecule has 6 nitrogen and oxygen atoms in total. The SMILES string of the molecule is CCO[C@@H](C)Cc1nc2[nH]c(=S)[nH]c(=O)c2[nH]1. The third-order valence-corrected chi connectivity index (χ3v) is 2.58. The van der Waals surface area contributed by atoms with E-state index in [4.69, 9.17) is 17.0 Å². The third kappa shape index (κ3) is 2.62. The lowest BCUT2D eigenvalue weighted by Crippen LogP contribution is -2.12. The van der Waals surface area contributed by atoms with Gasteiger partial charge in [-0.25, -0.2) is 4.98 Å². The van der Waals surface area contributed by atoms with E-state index in [1.807, 2.05) is 13.8 Å². The fourth-order valence-electron chi connectivity index (χ4n) is 1.69. The number of nitrogens with zero attached hydrogens (tertiary/aromatic N) is 1. The van der Waals surface area contributed by atoms with E-state index in [2.05, 4.69) is 19.9 Å². The second-order valence-corrected chi connectivity index (χ2v) is 4.19. The van der Waals surface area contributed by atoms with Crippen molar-refractivity contribution in [1.82, 2.24) is 19.9 Å². The van der Waals surface area contributed by atoms with E-state index < -0.39 is 0 Å². The first kappa shape index (κ1) is 12.0. The Bertz CT molecular complexity index is 627. The molecule has 17 heavy (non-hydrogen) atoms. The van der Waals surface area contributed by atoms with Gasteiger partial charge >= 0.3 is 0 Å². The van der Waals surface area contributed by atoms with Crippen molar-refractivity contribution in [3.63, 3.8) is 0 Å². The Labute approximate surface area is 102 Å². The first-order valence-corrected chi connectivity index (χ1v) is 5.83. The molecule has 0 aliphatic heterocycles. The molecule has 0 bridgehead atoms. The molecular formula is C10H14N4O2S. The summed E-state index contributed by atoms with van der Waals surface area (Å²) in [6.07, 6.45) is 0.686. The number of fused-ring (bicyclic) bond motifs is 1. The lowest BCUT2D eigenvalue weighted by atomic mass is 10.3. The number of nitrogens with one attached hydrogen (secondary N) is 3. The summed E-state index contributed by atoms with van der Waals surface area (Å²) in [4.78, 5) is 24.2. The quantitative estimate of drug-likeness (QED) is 0.717. The number of H-pyrrole nitrogens is 3. The maximum absolute atomic E-state index is 11.6. The van der Waals surface area contributed by atoms with Gasteiger partial charge in [0.05, 0.1) is 6.10 Å². The van der Waals surface area contributed by atoms with Crippen LogP contribution in [-0.4, -0.2) is 32.6 Å². The van der Waals surface area contributed by atoms with Crippen LogP contribution in [0.1, 0.15) is 19.7 Å². The molecule has 2 aromatic rings. The molecule has 2 heterocycles. The average Bonchev–Trinajstić information content (AvgIpc) is 2.60. The van der Waals surface area contributed by atoms with Crippen LogP contribution >= 0.6 is 12.2 Å². The van der Waals surface area contributed by atoms with Crippen LogP contribution in [0.3, 0.4) is 0 Å². The predicted octanol–water partition coefficient (Wildman–Crippen LogP) is 1.28. The fourth-order valence-corrected chi connectivity index (χ4v) is 1.88. The molecule has 0 saturated carbocycles. The van der Waals surface area contributed by atoms with E-state index in [0.29, 0.717) is 30.0 Å². The minimum atomic E-state index is -0.258. The molecule has 1 atom stereocenters. The second kappa shape index (κ2) is 4.80. The first-order valence-electron chi connectivity index (χ1n) is 5.43. The van der Waals surface area contributed by atoms with E-state index in [9.17, 15) is 4.79 Å². The van der Waals surface area contributed by atoms with Gasteiger partial charge in [0, 0.05) is 13.0 Å². The first-order chi connectivity index (χ1) is 8.10. The third-order valence-electron chi connectivity index (χ3n) is 2.37. The van der Waals surface area contributed by atoms with Crippen LogP contribution < -0.4 is 5.56 Å². The minimum absolute atomic E-state index is 0.0580. The van der Waals surface area contributed by atoms with Crippen LogP contribution in [-0.2, 0) is 11.2 Å². The predicted molar refractivity (Wildman–Crippen MR) is 66.7 cm³/mol. The molecule has 0 aliphatic rings. The molecule has 0 spiro atoms. The molecule has 0 aromatic carbocycles. The van der Waals surface area contributed by atoms with Crippen molar-refractivity contribution in [2.45, 2.75) is 26.4 Å². The zero-order valence-corrected chi connectivity index (χ0v) is 10.5. The second-order valence-electron chi connectivity index (χ2n) is 3.79. The molecule has 0 unspecified atom stereocenters. The number of hydrogen-bond acceptors (Lipinski definition) is 4. The van der Waals surface area contributed by atoms with Crippen LogP contribution in [0.25, 0.3) is 11.2 Å². The number of aromatic amines is 3. The summed E-state index contributed by atoms with van der Waals surface area (Å²) in [6, 6.07) is 0. The van der Waals surface area contributed by atoms with Crippen LogP contribution in [0.15, 0.2) is 4.79 Å². The number of aromatic nitrogens is 4. The van der Waals surface area contributed by atoms with Gasteiger partial charge in [-0.05, 0) is 26.1 Å². The Kier molecular flexibility index (Phi) is 3.39. The summed E-state index contributed by atoms with van der Waals surface area (Å²) >= 11 is 4.88. The van der Waals surface area contributed by atoms with Gasteiger partial charge in [-0.3, -0.25) is 9.78 Å². The van der Waals surface area contributed by atoms with Crippen molar-refractivity contribution in [3.8, 4) is 0 Å². The maximum atomic E-state index is 11.6. The highest BCUT2D eigenvalue weighted by Crippen LogP contribution is 2.06. The number of rotatable bonds is 4. The van der Waals surface area contributed by atoms with Crippen molar-refractivity contribution < 1.29 is 4.74 Å². The smallest absolute Gasteiger partial charge is 0.277 e. The highest BCUT2D eigenvalue weighted by molar-refractivity contribution is 7.71. The molecule has 3 N–H and O–H groups in total. The largest absolute Gasteiger partial charge is 0.378 e. The van der Waals surface area contributed by atoms with Crippen LogP contribution in [0.4, 0.5) is 0 Å². The van der Waals surface area contributed by atoms with Gasteiger partial charge in [0.2, 0.25) is 0 Å². The van der Waals surface area contributed by atoms with E-state index in [0.717, 1.165) is 0 Å². The Hall–Kier alpha value is -1.47. The van der Waals surface area contributed by atoms with Gasteiger partial charge in [-0.15, -0.1) is 0 Å². The molecule has 2 aromatic heterocycles. The molecule has 0 saturated heterocycles. The summed E-state index contributed by atoms with van der Waals surface area (Å²) in [5.41, 5.74) is 0.640. The standard InChI is InChI=1S/C10H14N4O2S/c1-3-16-5(2)4-6-11-7-8(12-6)13-10(17)14-9(7)15/h5H,3-4H2,1-2H3,(H3,11,12,13,14,15,17)/t5-/m0/s1. The van der Waals surface area contributed by atoms with E-state index in [-0.39, 0.29) is 16.4 Å². The molecule has 7 heteroatoms. The molecule has 0 radical (unpaired) electrons. The maximum Gasteiger partial charge on any atom is 0.277 e. The number of hydrogen-bond donors (Lipinski definition) is 3. The van der Waals surface area contributed by atoms with Gasteiger partial charge < -0.3 is 14.7 Å². The van der Waals surface area contributed by atoms with Gasteiger partial charge in [0.25, 0.3) is 5.56 Å². The minimum Gasteiger partial charge on any atom is -0.378 e. The van der Waals surface area contributed by atoms with Crippen molar-refractivity contribution >= 4 is 23.4 Å². The number of imidazole rings is 1. The summed E-state index contributed by atoms with van der Waals surface area (Å²) < 4.78 is 5.70. The molecule has 0 fully saturated rings. The van der Waals surface area contributed by atoms with Crippen molar-refractivity contribution in [3.05, 3.63) is 20.9 Å². The Morgan fingerprint density at radius 3 is 2.88 bits per heavy atom. The molecule has 0 aliphatic carbocycles. The zero-order valence-electron chi connectivity index (χ0n) is 9.66. The Balaban J connectivity index is 2.35. The molecular weight excluding hydrogens is 240 g/mol. The van der Waals surface area contributed by atoms with Gasteiger partial charge in [0.15, 0.2) is 10.4 Å². The summed E-state index contributed by atoms with van der Waals surface area (Å²) in [6.45, 7) is 4.56. The highest BCUT2D eigenvalue weighted by atomic mass is 32.1. The fraction of sp³-hybridized carbons (Fsp3) is 0.500. The monoisotopic (exact) mass is 254 g/mol. The lowest BCUT2D eigenvalue weighted by Gasteiger charge is -2.08. The summed E-state index contributed by atoms with van der Waals surface area (Å²) in [5.74, 6) is 0.711. The normalized spacial score (nSPS) is 13.1. The van der Waals surface area contributed by atoms with E-state index in [1.54, 1.807) is 0 Å². The Morgan fingerprint density at radius 1 is 1.41 bits per heavy atom. The molecule has 0 amide bonds. The number of ether oxygens (including phenoxy) is 1. The van der Waals surface area contributed by atoms with Gasteiger partial charge in [-0.2, -0.15) is 0 Å². The molecule has 92 valence electrons. The van der Waals surface area contributed by atoms with Gasteiger partial charge in [-0.1, -0.05) is 0 Å². The van der Waals surface area contributed by atoms with Crippen molar-refractivity contribution in [2.24, 2.45) is 0 Å².